The van der Waals surface area contributed by atoms with Crippen molar-refractivity contribution in [3.05, 3.63) is 16.4 Å². The highest BCUT2D eigenvalue weighted by atomic mass is 16.5. The van der Waals surface area contributed by atoms with Gasteiger partial charge in [-0.3, -0.25) is 9.51 Å². The minimum atomic E-state index is -0.433. The predicted octanol–water partition coefficient (Wildman–Crippen LogP) is 7.29. The molecule has 4 heteroatoms. The summed E-state index contributed by atoms with van der Waals surface area (Å²) in [4.78, 5) is 14.1. The molecule has 0 aromatic carbocycles. The molecule has 4 nitrogen and oxygen atoms in total. The van der Waals surface area contributed by atoms with E-state index in [1.807, 2.05) is 0 Å². The van der Waals surface area contributed by atoms with Crippen molar-refractivity contribution >= 4 is 0 Å². The van der Waals surface area contributed by atoms with Crippen LogP contribution in [0.1, 0.15) is 136 Å². The van der Waals surface area contributed by atoms with Crippen LogP contribution >= 0.6 is 0 Å². The third kappa shape index (κ3) is 9.62. The van der Waals surface area contributed by atoms with Gasteiger partial charge in [-0.2, -0.15) is 0 Å². The maximum atomic E-state index is 11.3. The molecular weight excluding hydrogens is 336 g/mol. The Labute approximate surface area is 166 Å². The van der Waals surface area contributed by atoms with Gasteiger partial charge >= 0.3 is 5.76 Å². The quantitative estimate of drug-likeness (QED) is 0.272. The van der Waals surface area contributed by atoms with Crippen molar-refractivity contribution in [3.63, 3.8) is 0 Å². The van der Waals surface area contributed by atoms with E-state index in [9.17, 15) is 4.79 Å². The summed E-state index contributed by atoms with van der Waals surface area (Å²) in [6.45, 7) is 6.64. The molecule has 0 saturated carbocycles. The molecule has 0 aliphatic carbocycles. The number of nitrogens with one attached hydrogen (secondary N) is 1. The average molecular weight is 381 g/mol. The molecule has 0 aliphatic heterocycles. The maximum Gasteiger partial charge on any atom is 0.438 e. The van der Waals surface area contributed by atoms with Gasteiger partial charge in [0.1, 0.15) is 0 Å². The van der Waals surface area contributed by atoms with E-state index >= 15 is 0 Å². The Morgan fingerprint density at radius 1 is 0.741 bits per heavy atom. The summed E-state index contributed by atoms with van der Waals surface area (Å²) in [5.74, 6) is 0.310. The minimum absolute atomic E-state index is 0.0245. The number of aromatic amines is 1. The Morgan fingerprint density at radius 2 is 1.19 bits per heavy atom. The van der Waals surface area contributed by atoms with Crippen LogP contribution in [0.3, 0.4) is 0 Å². The van der Waals surface area contributed by atoms with E-state index in [0.29, 0.717) is 0 Å². The van der Waals surface area contributed by atoms with Gasteiger partial charge in [0.2, 0.25) is 0 Å². The monoisotopic (exact) mass is 380 g/mol. The summed E-state index contributed by atoms with van der Waals surface area (Å²) >= 11 is 0. The van der Waals surface area contributed by atoms with Crippen molar-refractivity contribution in [2.75, 3.05) is 0 Å². The summed E-state index contributed by atoms with van der Waals surface area (Å²) in [6, 6.07) is 0. The van der Waals surface area contributed by atoms with Crippen molar-refractivity contribution in [1.29, 1.82) is 0 Å². The first-order valence-electron chi connectivity index (χ1n) is 11.7. The molecule has 0 amide bonds. The van der Waals surface area contributed by atoms with Crippen LogP contribution in [0.25, 0.3) is 0 Å². The first-order chi connectivity index (χ1) is 13.2. The van der Waals surface area contributed by atoms with E-state index in [1.165, 1.54) is 89.9 Å². The molecule has 0 spiro atoms. The molecule has 0 radical (unpaired) electrons. The molecular formula is C23H44N2O2. The van der Waals surface area contributed by atoms with E-state index in [0.717, 1.165) is 25.1 Å². The van der Waals surface area contributed by atoms with Crippen LogP contribution in [0.2, 0.25) is 0 Å². The molecule has 0 atom stereocenters. The highest BCUT2D eigenvalue weighted by molar-refractivity contribution is 5.04. The zero-order valence-electron chi connectivity index (χ0n) is 18.3. The van der Waals surface area contributed by atoms with E-state index in [4.69, 9.17) is 4.52 Å². The molecule has 27 heavy (non-hydrogen) atoms. The van der Waals surface area contributed by atoms with Gasteiger partial charge in [0.15, 0.2) is 5.82 Å². The number of nitrogens with zero attached hydrogens (tertiary/aromatic N) is 1. The number of aromatic nitrogens is 2. The van der Waals surface area contributed by atoms with E-state index < -0.39 is 5.76 Å². The molecule has 0 aliphatic rings. The molecule has 1 aromatic heterocycles. The molecule has 1 rings (SSSR count). The van der Waals surface area contributed by atoms with Gasteiger partial charge in [-0.05, 0) is 19.3 Å². The lowest BCUT2D eigenvalue weighted by Gasteiger charge is -2.28. The Kier molecular flexibility index (Phi) is 13.3. The van der Waals surface area contributed by atoms with Crippen LogP contribution in [0, 0.1) is 0 Å². The summed E-state index contributed by atoms with van der Waals surface area (Å²) in [7, 11) is 0. The standard InChI is InChI=1S/C23H44N2O2/c1-4-7-8-9-10-11-12-13-14-15-16-17-18-19-20-23(5-2,6-3)21-24-22(26)27-25-21/h4-20H2,1-3H3,(H,24,25,26). The van der Waals surface area contributed by atoms with Crippen LogP contribution in [-0.2, 0) is 5.41 Å². The Bertz CT molecular complexity index is 502. The number of rotatable bonds is 18. The lowest BCUT2D eigenvalue weighted by molar-refractivity contribution is 0.305. The normalized spacial score (nSPS) is 12.0. The summed E-state index contributed by atoms with van der Waals surface area (Å²) in [5, 5.41) is 3.97. The van der Waals surface area contributed by atoms with Gasteiger partial charge < -0.3 is 0 Å². The minimum Gasteiger partial charge on any atom is -0.296 e. The average Bonchev–Trinajstić information content (AvgIpc) is 3.12. The van der Waals surface area contributed by atoms with Crippen LogP contribution in [0.15, 0.2) is 9.32 Å². The first kappa shape index (κ1) is 24.0. The Morgan fingerprint density at radius 3 is 1.56 bits per heavy atom. The molecule has 0 bridgehead atoms. The zero-order chi connectivity index (χ0) is 19.8. The molecule has 0 saturated heterocycles. The molecule has 1 N–H and O–H groups in total. The second-order valence-electron chi connectivity index (χ2n) is 8.28. The van der Waals surface area contributed by atoms with Crippen molar-refractivity contribution in [2.45, 2.75) is 135 Å². The van der Waals surface area contributed by atoms with Gasteiger partial charge in [0, 0.05) is 5.41 Å². The third-order valence-corrected chi connectivity index (χ3v) is 6.31. The fourth-order valence-corrected chi connectivity index (χ4v) is 4.17. The Hall–Kier alpha value is -1.06. The molecule has 158 valence electrons. The third-order valence-electron chi connectivity index (χ3n) is 6.31. The van der Waals surface area contributed by atoms with Crippen molar-refractivity contribution < 1.29 is 4.52 Å². The second kappa shape index (κ2) is 14.9. The number of hydrogen-bond acceptors (Lipinski definition) is 3. The van der Waals surface area contributed by atoms with Crippen LogP contribution < -0.4 is 5.76 Å². The van der Waals surface area contributed by atoms with Gasteiger partial charge in [-0.1, -0.05) is 116 Å². The SMILES string of the molecule is CCCCCCCCCCCCCCCCC(CC)(CC)c1noc(=O)[nH]1. The highest BCUT2D eigenvalue weighted by Gasteiger charge is 2.32. The van der Waals surface area contributed by atoms with E-state index in [-0.39, 0.29) is 5.41 Å². The molecule has 1 aromatic rings. The van der Waals surface area contributed by atoms with Crippen molar-refractivity contribution in [2.24, 2.45) is 0 Å². The number of unbranched alkanes of at least 4 members (excludes halogenated alkanes) is 13. The number of hydrogen-bond donors (Lipinski definition) is 1. The zero-order valence-corrected chi connectivity index (χ0v) is 18.3. The fourth-order valence-electron chi connectivity index (χ4n) is 4.17. The summed E-state index contributed by atoms with van der Waals surface area (Å²) in [5.41, 5.74) is -0.0245. The highest BCUT2D eigenvalue weighted by Crippen LogP contribution is 2.34. The lowest BCUT2D eigenvalue weighted by atomic mass is 9.77. The predicted molar refractivity (Wildman–Crippen MR) is 114 cm³/mol. The van der Waals surface area contributed by atoms with Crippen molar-refractivity contribution in [3.8, 4) is 0 Å². The van der Waals surface area contributed by atoms with Crippen LogP contribution in [0.4, 0.5) is 0 Å². The topological polar surface area (TPSA) is 58.9 Å². The van der Waals surface area contributed by atoms with Crippen molar-refractivity contribution in [1.82, 2.24) is 10.1 Å². The number of H-pyrrole nitrogens is 1. The van der Waals surface area contributed by atoms with Crippen LogP contribution in [-0.4, -0.2) is 10.1 Å². The maximum absolute atomic E-state index is 11.3. The van der Waals surface area contributed by atoms with Gasteiger partial charge in [-0.25, -0.2) is 4.79 Å². The second-order valence-corrected chi connectivity index (χ2v) is 8.28. The summed E-state index contributed by atoms with van der Waals surface area (Å²) in [6.07, 6.45) is 22.4. The van der Waals surface area contributed by atoms with Gasteiger partial charge in [-0.15, -0.1) is 0 Å². The summed E-state index contributed by atoms with van der Waals surface area (Å²) < 4.78 is 4.74. The molecule has 0 unspecified atom stereocenters. The molecule has 1 heterocycles. The Balaban J connectivity index is 2.02. The fraction of sp³-hybridized carbons (Fsp3) is 0.913. The smallest absolute Gasteiger partial charge is 0.296 e. The first-order valence-corrected chi connectivity index (χ1v) is 11.7. The van der Waals surface area contributed by atoms with E-state index in [1.54, 1.807) is 0 Å². The van der Waals surface area contributed by atoms with Gasteiger partial charge in [0.05, 0.1) is 0 Å². The van der Waals surface area contributed by atoms with E-state index in [2.05, 4.69) is 30.9 Å². The molecule has 0 fully saturated rings. The largest absolute Gasteiger partial charge is 0.438 e. The lowest BCUT2D eigenvalue weighted by Crippen LogP contribution is -2.26. The van der Waals surface area contributed by atoms with Gasteiger partial charge in [0.25, 0.3) is 0 Å². The van der Waals surface area contributed by atoms with Crippen LogP contribution in [0.5, 0.6) is 0 Å².